The first kappa shape index (κ1) is 40.4. The largest absolute Gasteiger partial charge is 0.542 e. The van der Waals surface area contributed by atoms with E-state index in [0.717, 1.165) is 71.3 Å². The van der Waals surface area contributed by atoms with Gasteiger partial charge in [-0.1, -0.05) is 40.8 Å². The summed E-state index contributed by atoms with van der Waals surface area (Å²) in [7, 11) is 0. The third-order valence-electron chi connectivity index (χ3n) is 6.39. The van der Waals surface area contributed by atoms with Crippen LogP contribution in [0.5, 0.6) is 11.5 Å². The Morgan fingerprint density at radius 3 is 1.35 bits per heavy atom. The molecule has 14 nitrogen and oxygen atoms in total. The molecule has 278 valence electrons. The summed E-state index contributed by atoms with van der Waals surface area (Å²) in [5.41, 5.74) is 12.9. The van der Waals surface area contributed by atoms with Crippen LogP contribution in [-0.4, -0.2) is 80.6 Å². The standard InChI is InChI=1S/C28H30N8O2.2C2HF3O2/c29-12-4-14-37-25-10-2-8-23(17-25)35-19-27(31-33-35)21-6-1-7-22(16-21)28-20-36(34-32-28)24-9-3-11-26(18-24)38-15-5-13-30;2*3-2(4,5)1(6)7/h1-3,6-11,16-20H,4-5,12-15,29-30H2;2*(H,6,7). The molecule has 0 atom stereocenters. The van der Waals surface area contributed by atoms with E-state index in [9.17, 15) is 26.3 Å². The molecule has 0 saturated heterocycles. The molecule has 0 radical (unpaired) electrons. The second kappa shape index (κ2) is 18.8. The molecule has 0 fully saturated rings. The maximum absolute atomic E-state index is 10.5. The van der Waals surface area contributed by atoms with Crippen molar-refractivity contribution in [2.75, 3.05) is 26.3 Å². The molecule has 0 bridgehead atoms. The molecule has 5 aromatic rings. The SMILES string of the molecule is O=C([O-])C(F)(F)F.O=C([O-])C(F)(F)F.[NH3+]CCCOc1cccc(-n2cc(-c3cccc(-c4cn(-c5cccc(OCCC[NH3+])c5)nn4)c3)nn2)c1. The van der Waals surface area contributed by atoms with Gasteiger partial charge in [-0.2, -0.15) is 26.3 Å². The fourth-order valence-electron chi connectivity index (χ4n) is 3.90. The summed E-state index contributed by atoms with van der Waals surface area (Å²) in [5, 5.41) is 35.0. The molecule has 0 unspecified atom stereocenters. The maximum Gasteiger partial charge on any atom is 0.430 e. The van der Waals surface area contributed by atoms with Crippen LogP contribution < -0.4 is 31.2 Å². The summed E-state index contributed by atoms with van der Waals surface area (Å²) < 4.78 is 78.2. The molecule has 2 heterocycles. The van der Waals surface area contributed by atoms with Crippen molar-refractivity contribution in [2.45, 2.75) is 25.2 Å². The molecule has 20 heteroatoms. The highest BCUT2D eigenvalue weighted by Crippen LogP contribution is 2.26. The highest BCUT2D eigenvalue weighted by Gasteiger charge is 2.29. The van der Waals surface area contributed by atoms with Crippen LogP contribution in [0.25, 0.3) is 33.9 Å². The van der Waals surface area contributed by atoms with Gasteiger partial charge in [-0.25, -0.2) is 9.36 Å². The van der Waals surface area contributed by atoms with Gasteiger partial charge >= 0.3 is 12.4 Å². The number of alkyl halides is 6. The number of halogens is 6. The molecule has 5 rings (SSSR count). The van der Waals surface area contributed by atoms with Crippen molar-refractivity contribution >= 4 is 11.9 Å². The van der Waals surface area contributed by atoms with Gasteiger partial charge in [-0.3, -0.25) is 0 Å². The second-order valence-electron chi connectivity index (χ2n) is 10.4. The lowest BCUT2D eigenvalue weighted by Crippen LogP contribution is -2.50. The Morgan fingerprint density at radius 1 is 0.635 bits per heavy atom. The van der Waals surface area contributed by atoms with Crippen LogP contribution in [0, 0.1) is 0 Å². The molecule has 52 heavy (non-hydrogen) atoms. The van der Waals surface area contributed by atoms with E-state index < -0.39 is 24.3 Å². The first-order valence-electron chi connectivity index (χ1n) is 15.2. The number of carbonyl (C=O) groups is 2. The Labute approximate surface area is 291 Å². The van der Waals surface area contributed by atoms with Crippen LogP contribution in [0.2, 0.25) is 0 Å². The van der Waals surface area contributed by atoms with Crippen LogP contribution in [0.3, 0.4) is 0 Å². The Balaban J connectivity index is 0.000000441. The van der Waals surface area contributed by atoms with Crippen molar-refractivity contribution in [3.63, 3.8) is 0 Å². The highest BCUT2D eigenvalue weighted by atomic mass is 19.4. The van der Waals surface area contributed by atoms with E-state index in [1.54, 1.807) is 9.36 Å². The predicted molar refractivity (Wildman–Crippen MR) is 165 cm³/mol. The first-order chi connectivity index (χ1) is 24.6. The molecular formula is C32H32F6N8O6. The predicted octanol–water partition coefficient (Wildman–Crippen LogP) is 0.801. The van der Waals surface area contributed by atoms with Crippen LogP contribution in [-0.2, 0) is 9.59 Å². The van der Waals surface area contributed by atoms with Crippen LogP contribution in [0.15, 0.2) is 85.2 Å². The number of carbonyl (C=O) groups excluding carboxylic acids is 2. The third kappa shape index (κ3) is 12.7. The van der Waals surface area contributed by atoms with Gasteiger partial charge in [0.25, 0.3) is 0 Å². The van der Waals surface area contributed by atoms with Gasteiger partial charge in [0.1, 0.15) is 34.8 Å². The topological polar surface area (TPSA) is 215 Å². The number of aromatic nitrogens is 6. The zero-order chi connectivity index (χ0) is 38.3. The van der Waals surface area contributed by atoms with Gasteiger partial charge in [-0.15, -0.1) is 10.2 Å². The molecule has 0 aliphatic rings. The summed E-state index contributed by atoms with van der Waals surface area (Å²) in [6.07, 6.45) is -4.74. The number of benzene rings is 3. The number of rotatable bonds is 12. The van der Waals surface area contributed by atoms with E-state index in [1.165, 1.54) is 0 Å². The Kier molecular flexibility index (Phi) is 14.6. The van der Waals surface area contributed by atoms with E-state index in [4.69, 9.17) is 29.3 Å². The van der Waals surface area contributed by atoms with Crippen molar-refractivity contribution in [3.8, 4) is 45.4 Å². The zero-order valence-corrected chi connectivity index (χ0v) is 27.1. The second-order valence-corrected chi connectivity index (χ2v) is 10.4. The van der Waals surface area contributed by atoms with Crippen LogP contribution in [0.1, 0.15) is 12.8 Å². The van der Waals surface area contributed by atoms with Gasteiger partial charge in [0.05, 0.1) is 50.1 Å². The van der Waals surface area contributed by atoms with Crippen LogP contribution >= 0.6 is 0 Å². The highest BCUT2D eigenvalue weighted by molar-refractivity contribution is 5.71. The number of hydrogen-bond donors (Lipinski definition) is 2. The summed E-state index contributed by atoms with van der Waals surface area (Å²) in [5.74, 6) is -4.41. The Morgan fingerprint density at radius 2 is 1.00 bits per heavy atom. The minimum Gasteiger partial charge on any atom is -0.542 e. The van der Waals surface area contributed by atoms with E-state index in [0.29, 0.717) is 13.2 Å². The minimum atomic E-state index is -5.19. The molecule has 2 aromatic heterocycles. The molecule has 6 N–H and O–H groups in total. The van der Waals surface area contributed by atoms with E-state index in [1.807, 2.05) is 85.2 Å². The van der Waals surface area contributed by atoms with Gasteiger partial charge in [0, 0.05) is 36.1 Å². The number of aliphatic carboxylic acids is 2. The van der Waals surface area contributed by atoms with Crippen LogP contribution in [0.4, 0.5) is 26.3 Å². The van der Waals surface area contributed by atoms with Gasteiger partial charge in [0.2, 0.25) is 0 Å². The number of hydrogen-bond acceptors (Lipinski definition) is 10. The quantitative estimate of drug-likeness (QED) is 0.136. The Hall–Kier alpha value is -6.02. The normalized spacial score (nSPS) is 11.1. The fraction of sp³-hybridized carbons (Fsp3) is 0.250. The lowest BCUT2D eigenvalue weighted by atomic mass is 10.1. The monoisotopic (exact) mass is 738 g/mol. The fourth-order valence-corrected chi connectivity index (χ4v) is 3.90. The molecular weight excluding hydrogens is 706 g/mol. The maximum atomic E-state index is 10.5. The molecule has 0 aliphatic heterocycles. The van der Waals surface area contributed by atoms with Gasteiger partial charge in [-0.05, 0) is 30.3 Å². The lowest BCUT2D eigenvalue weighted by Gasteiger charge is -2.06. The van der Waals surface area contributed by atoms with E-state index >= 15 is 0 Å². The summed E-state index contributed by atoms with van der Waals surface area (Å²) in [6, 6.07) is 23.7. The number of quaternary nitrogens is 2. The first-order valence-corrected chi connectivity index (χ1v) is 15.2. The van der Waals surface area contributed by atoms with Gasteiger partial charge < -0.3 is 40.7 Å². The lowest BCUT2D eigenvalue weighted by molar-refractivity contribution is -0.369. The summed E-state index contributed by atoms with van der Waals surface area (Å²) in [6.45, 7) is 2.98. The molecule has 0 saturated carbocycles. The number of carboxylic acids is 2. The number of carboxylic acid groups (broad SMARTS) is 2. The number of nitrogens with zero attached hydrogens (tertiary/aromatic N) is 6. The van der Waals surface area contributed by atoms with Crippen molar-refractivity contribution in [1.82, 2.24) is 30.0 Å². The summed E-state index contributed by atoms with van der Waals surface area (Å²) >= 11 is 0. The van der Waals surface area contributed by atoms with E-state index in [2.05, 4.69) is 32.1 Å². The molecule has 0 aliphatic carbocycles. The smallest absolute Gasteiger partial charge is 0.430 e. The minimum absolute atomic E-state index is 0.642. The van der Waals surface area contributed by atoms with Crippen molar-refractivity contribution in [3.05, 3.63) is 85.2 Å². The van der Waals surface area contributed by atoms with Crippen molar-refractivity contribution in [2.24, 2.45) is 0 Å². The zero-order valence-electron chi connectivity index (χ0n) is 27.1. The summed E-state index contributed by atoms with van der Waals surface area (Å²) in [4.78, 5) is 17.6. The molecule has 0 spiro atoms. The van der Waals surface area contributed by atoms with Gasteiger partial charge in [0.15, 0.2) is 0 Å². The van der Waals surface area contributed by atoms with Crippen molar-refractivity contribution < 1.29 is 67.1 Å². The Bertz CT molecular complexity index is 1770. The average Bonchev–Trinajstić information content (AvgIpc) is 3.80. The van der Waals surface area contributed by atoms with E-state index in [-0.39, 0.29) is 0 Å². The average molecular weight is 739 g/mol. The van der Waals surface area contributed by atoms with Crippen molar-refractivity contribution in [1.29, 1.82) is 0 Å². The third-order valence-corrected chi connectivity index (χ3v) is 6.39. The molecule has 3 aromatic carbocycles. The number of ether oxygens (including phenoxy) is 2. The molecule has 0 amide bonds.